The van der Waals surface area contributed by atoms with Crippen LogP contribution in [0.5, 0.6) is 0 Å². The maximum atomic E-state index is 12.5. The Balaban J connectivity index is 1.49. The molecule has 1 N–H and O–H groups in total. The van der Waals surface area contributed by atoms with Crippen molar-refractivity contribution in [3.63, 3.8) is 0 Å². The number of amides is 1. The number of aromatic nitrogens is 3. The Morgan fingerprint density at radius 2 is 2.04 bits per heavy atom. The molecule has 0 spiro atoms. The van der Waals surface area contributed by atoms with Crippen molar-refractivity contribution in [2.45, 2.75) is 20.4 Å². The number of carbonyl (C=O) groups is 1. The van der Waals surface area contributed by atoms with Crippen LogP contribution < -0.4 is 5.32 Å². The highest BCUT2D eigenvalue weighted by Gasteiger charge is 2.11. The first kappa shape index (κ1) is 16.5. The summed E-state index contributed by atoms with van der Waals surface area (Å²) >= 11 is 1.49. The van der Waals surface area contributed by atoms with E-state index < -0.39 is 0 Å². The Labute approximate surface area is 155 Å². The average Bonchev–Trinajstić information content (AvgIpc) is 3.21. The van der Waals surface area contributed by atoms with Crippen LogP contribution in [0.1, 0.15) is 25.9 Å². The number of carbonyl (C=O) groups excluding carboxylic acids is 1. The van der Waals surface area contributed by atoms with Crippen LogP contribution in [0, 0.1) is 13.8 Å². The first-order valence-electron chi connectivity index (χ1n) is 8.34. The normalized spacial score (nSPS) is 11.0. The van der Waals surface area contributed by atoms with Crippen LogP contribution in [0.25, 0.3) is 10.9 Å². The number of benzene rings is 1. The van der Waals surface area contributed by atoms with E-state index in [4.69, 9.17) is 0 Å². The zero-order chi connectivity index (χ0) is 18.1. The number of nitrogens with zero attached hydrogens (tertiary/aromatic N) is 3. The van der Waals surface area contributed by atoms with Gasteiger partial charge in [-0.1, -0.05) is 12.1 Å². The summed E-state index contributed by atoms with van der Waals surface area (Å²) < 4.78 is 1.96. The first-order valence-corrected chi connectivity index (χ1v) is 9.16. The molecule has 6 heteroatoms. The minimum Gasteiger partial charge on any atom is -0.321 e. The number of fused-ring (bicyclic) bond motifs is 1. The van der Waals surface area contributed by atoms with E-state index in [1.54, 1.807) is 6.20 Å². The highest BCUT2D eigenvalue weighted by atomic mass is 32.1. The molecule has 1 amide bonds. The average molecular weight is 362 g/mol. The van der Waals surface area contributed by atoms with E-state index in [9.17, 15) is 4.79 Å². The van der Waals surface area contributed by atoms with Gasteiger partial charge in [-0.05, 0) is 50.2 Å². The first-order chi connectivity index (χ1) is 12.6. The number of anilines is 1. The van der Waals surface area contributed by atoms with E-state index in [2.05, 4.69) is 21.5 Å². The van der Waals surface area contributed by atoms with E-state index in [1.807, 2.05) is 61.0 Å². The molecule has 5 nitrogen and oxygen atoms in total. The van der Waals surface area contributed by atoms with Crippen LogP contribution in [0.4, 0.5) is 5.69 Å². The van der Waals surface area contributed by atoms with Gasteiger partial charge in [-0.15, -0.1) is 11.3 Å². The Kier molecular flexibility index (Phi) is 4.26. The summed E-state index contributed by atoms with van der Waals surface area (Å²) in [5.74, 6) is -0.107. The molecule has 1 aromatic carbocycles. The highest BCUT2D eigenvalue weighted by molar-refractivity contribution is 7.14. The zero-order valence-corrected chi connectivity index (χ0v) is 15.4. The lowest BCUT2D eigenvalue weighted by Gasteiger charge is -2.05. The second kappa shape index (κ2) is 6.72. The van der Waals surface area contributed by atoms with Gasteiger partial charge >= 0.3 is 0 Å². The molecule has 0 atom stereocenters. The van der Waals surface area contributed by atoms with Gasteiger partial charge in [-0.2, -0.15) is 5.10 Å². The van der Waals surface area contributed by atoms with Crippen molar-refractivity contribution in [2.75, 3.05) is 5.32 Å². The molecule has 0 aliphatic carbocycles. The summed E-state index contributed by atoms with van der Waals surface area (Å²) in [6.45, 7) is 4.70. The smallest absolute Gasteiger partial charge is 0.265 e. The quantitative estimate of drug-likeness (QED) is 0.585. The van der Waals surface area contributed by atoms with Crippen molar-refractivity contribution >= 4 is 33.8 Å². The Bertz CT molecular complexity index is 1100. The van der Waals surface area contributed by atoms with Crippen molar-refractivity contribution in [3.05, 3.63) is 75.9 Å². The predicted octanol–water partition coefficient (Wildman–Crippen LogP) is 4.41. The van der Waals surface area contributed by atoms with E-state index in [0.29, 0.717) is 11.4 Å². The number of nitrogens with one attached hydrogen (secondary N) is 1. The minimum absolute atomic E-state index is 0.107. The molecule has 0 bridgehead atoms. The molecule has 4 rings (SSSR count). The lowest BCUT2D eigenvalue weighted by atomic mass is 10.2. The van der Waals surface area contributed by atoms with Gasteiger partial charge < -0.3 is 5.32 Å². The van der Waals surface area contributed by atoms with Gasteiger partial charge in [0, 0.05) is 27.8 Å². The molecular formula is C20H18N4OS. The second-order valence-electron chi connectivity index (χ2n) is 6.22. The van der Waals surface area contributed by atoms with Gasteiger partial charge in [0.05, 0.1) is 22.6 Å². The molecule has 3 heterocycles. The van der Waals surface area contributed by atoms with Crippen molar-refractivity contribution in [1.82, 2.24) is 14.8 Å². The van der Waals surface area contributed by atoms with E-state index in [-0.39, 0.29) is 5.91 Å². The summed E-state index contributed by atoms with van der Waals surface area (Å²) in [4.78, 5) is 18.6. The lowest BCUT2D eigenvalue weighted by Crippen LogP contribution is -2.10. The lowest BCUT2D eigenvalue weighted by molar-refractivity contribution is 0.103. The maximum Gasteiger partial charge on any atom is 0.265 e. The number of pyridine rings is 1. The molecule has 4 aromatic rings. The minimum atomic E-state index is -0.107. The third-order valence-corrected chi connectivity index (χ3v) is 5.23. The molecule has 0 saturated heterocycles. The highest BCUT2D eigenvalue weighted by Crippen LogP contribution is 2.21. The fourth-order valence-electron chi connectivity index (χ4n) is 2.90. The molecule has 0 aliphatic heterocycles. The SMILES string of the molecule is Cc1cc(C)n(Cc2ccc(C(=O)Nc3ccc4cccnc4c3)s2)n1. The van der Waals surface area contributed by atoms with Gasteiger partial charge in [0.2, 0.25) is 0 Å². The number of thiophene rings is 1. The largest absolute Gasteiger partial charge is 0.321 e. The molecule has 0 radical (unpaired) electrons. The van der Waals surface area contributed by atoms with E-state index in [0.717, 1.165) is 32.9 Å². The predicted molar refractivity (Wildman–Crippen MR) is 105 cm³/mol. The molecular weight excluding hydrogens is 344 g/mol. The van der Waals surface area contributed by atoms with Crippen LogP contribution >= 0.6 is 11.3 Å². The van der Waals surface area contributed by atoms with E-state index in [1.165, 1.54) is 11.3 Å². The molecule has 0 unspecified atom stereocenters. The van der Waals surface area contributed by atoms with Gasteiger partial charge in [0.15, 0.2) is 0 Å². The van der Waals surface area contributed by atoms with Crippen LogP contribution in [0.15, 0.2) is 54.7 Å². The van der Waals surface area contributed by atoms with Crippen LogP contribution in [-0.2, 0) is 6.54 Å². The van der Waals surface area contributed by atoms with E-state index >= 15 is 0 Å². The van der Waals surface area contributed by atoms with Crippen LogP contribution in [0.2, 0.25) is 0 Å². The fraction of sp³-hybridized carbons (Fsp3) is 0.150. The summed E-state index contributed by atoms with van der Waals surface area (Å²) in [5, 5.41) is 8.47. The summed E-state index contributed by atoms with van der Waals surface area (Å²) in [7, 11) is 0. The molecule has 26 heavy (non-hydrogen) atoms. The van der Waals surface area contributed by atoms with Crippen molar-refractivity contribution in [1.29, 1.82) is 0 Å². The molecule has 130 valence electrons. The van der Waals surface area contributed by atoms with Crippen molar-refractivity contribution in [3.8, 4) is 0 Å². The van der Waals surface area contributed by atoms with Gasteiger partial charge in [-0.3, -0.25) is 14.5 Å². The standard InChI is InChI=1S/C20H18N4OS/c1-13-10-14(2)24(23-13)12-17-7-8-19(26-17)20(25)22-16-6-5-15-4-3-9-21-18(15)11-16/h3-11H,12H2,1-2H3,(H,22,25). The molecule has 3 aromatic heterocycles. The third-order valence-electron chi connectivity index (χ3n) is 4.16. The van der Waals surface area contributed by atoms with Gasteiger partial charge in [-0.25, -0.2) is 0 Å². The van der Waals surface area contributed by atoms with Crippen LogP contribution in [-0.4, -0.2) is 20.7 Å². The van der Waals surface area contributed by atoms with Gasteiger partial charge in [0.1, 0.15) is 0 Å². The number of hydrogen-bond acceptors (Lipinski definition) is 4. The summed E-state index contributed by atoms with van der Waals surface area (Å²) in [6, 6.07) is 15.5. The molecule has 0 saturated carbocycles. The second-order valence-corrected chi connectivity index (χ2v) is 7.38. The van der Waals surface area contributed by atoms with Gasteiger partial charge in [0.25, 0.3) is 5.91 Å². The van der Waals surface area contributed by atoms with Crippen molar-refractivity contribution in [2.24, 2.45) is 0 Å². The number of hydrogen-bond donors (Lipinski definition) is 1. The summed E-state index contributed by atoms with van der Waals surface area (Å²) in [5.41, 5.74) is 3.73. The molecule has 0 fully saturated rings. The monoisotopic (exact) mass is 362 g/mol. The van der Waals surface area contributed by atoms with Crippen molar-refractivity contribution < 1.29 is 4.79 Å². The summed E-state index contributed by atoms with van der Waals surface area (Å²) in [6.07, 6.45) is 1.75. The Morgan fingerprint density at radius 3 is 2.85 bits per heavy atom. The fourth-order valence-corrected chi connectivity index (χ4v) is 3.79. The number of aryl methyl sites for hydroxylation is 2. The van der Waals surface area contributed by atoms with Crippen LogP contribution in [0.3, 0.4) is 0 Å². The number of rotatable bonds is 4. The topological polar surface area (TPSA) is 59.8 Å². The Hall–Kier alpha value is -2.99. The maximum absolute atomic E-state index is 12.5. The Morgan fingerprint density at radius 1 is 1.15 bits per heavy atom. The zero-order valence-electron chi connectivity index (χ0n) is 14.6. The molecule has 0 aliphatic rings. The third kappa shape index (κ3) is 3.36.